The third-order valence-corrected chi connectivity index (χ3v) is 3.70. The molecule has 0 radical (unpaired) electrons. The Morgan fingerprint density at radius 2 is 1.83 bits per heavy atom. The topological polar surface area (TPSA) is 29.1 Å². The first-order valence-electron chi connectivity index (χ1n) is 6.73. The molecule has 1 amide bonds. The zero-order valence-corrected chi connectivity index (χ0v) is 13.4. The van der Waals surface area contributed by atoms with Crippen molar-refractivity contribution in [1.29, 1.82) is 0 Å². The first-order chi connectivity index (χ1) is 8.67. The second-order valence-corrected chi connectivity index (χ2v) is 5.85. The van der Waals surface area contributed by atoms with Crippen LogP contribution >= 0.6 is 22.6 Å². The number of rotatable bonds is 7. The maximum absolute atomic E-state index is 12.1. The molecule has 0 heterocycles. The molecule has 1 atom stereocenters. The van der Waals surface area contributed by atoms with Crippen molar-refractivity contribution in [2.24, 2.45) is 0 Å². The van der Waals surface area contributed by atoms with Crippen LogP contribution in [0.25, 0.3) is 0 Å². The number of hydrogen-bond acceptors (Lipinski definition) is 1. The van der Waals surface area contributed by atoms with Gasteiger partial charge in [-0.3, -0.25) is 4.79 Å². The minimum atomic E-state index is 0.0564. The number of unbranched alkanes of at least 4 members (excludes halogenated alkanes) is 1. The van der Waals surface area contributed by atoms with Crippen LogP contribution in [0.15, 0.2) is 24.3 Å². The molecule has 0 aliphatic heterocycles. The van der Waals surface area contributed by atoms with Crippen LogP contribution in [0.3, 0.4) is 0 Å². The molecular formula is C15H22INO. The van der Waals surface area contributed by atoms with Crippen LogP contribution in [-0.4, -0.2) is 11.9 Å². The van der Waals surface area contributed by atoms with Gasteiger partial charge in [-0.1, -0.05) is 33.1 Å². The normalized spacial score (nSPS) is 12.2. The van der Waals surface area contributed by atoms with E-state index in [0.29, 0.717) is 6.04 Å². The first-order valence-corrected chi connectivity index (χ1v) is 7.81. The Hall–Kier alpha value is -0.580. The van der Waals surface area contributed by atoms with E-state index in [2.05, 4.69) is 41.8 Å². The molecule has 0 aromatic heterocycles. The van der Waals surface area contributed by atoms with Crippen LogP contribution in [-0.2, 0) is 0 Å². The molecule has 1 rings (SSSR count). The lowest BCUT2D eigenvalue weighted by atomic mass is 10.0. The lowest BCUT2D eigenvalue weighted by molar-refractivity contribution is 0.0932. The van der Waals surface area contributed by atoms with Crippen molar-refractivity contribution < 1.29 is 4.79 Å². The molecule has 3 heteroatoms. The quantitative estimate of drug-likeness (QED) is 0.720. The summed E-state index contributed by atoms with van der Waals surface area (Å²) in [5.41, 5.74) is 0.757. The molecule has 1 aromatic rings. The molecule has 100 valence electrons. The maximum Gasteiger partial charge on any atom is 0.251 e. The van der Waals surface area contributed by atoms with Crippen molar-refractivity contribution in [1.82, 2.24) is 5.32 Å². The Labute approximate surface area is 124 Å². The predicted molar refractivity (Wildman–Crippen MR) is 84.8 cm³/mol. The first kappa shape index (κ1) is 15.5. The molecule has 1 aromatic carbocycles. The molecular weight excluding hydrogens is 337 g/mol. The minimum Gasteiger partial charge on any atom is -0.349 e. The number of carbonyl (C=O) groups is 1. The van der Waals surface area contributed by atoms with Gasteiger partial charge in [-0.25, -0.2) is 0 Å². The highest BCUT2D eigenvalue weighted by Gasteiger charge is 2.12. The average molecular weight is 359 g/mol. The van der Waals surface area contributed by atoms with E-state index in [4.69, 9.17) is 0 Å². The molecule has 1 N–H and O–H groups in total. The second kappa shape index (κ2) is 8.51. The maximum atomic E-state index is 12.1. The van der Waals surface area contributed by atoms with Crippen LogP contribution in [0.4, 0.5) is 0 Å². The molecule has 1 unspecified atom stereocenters. The Bertz CT molecular complexity index is 361. The van der Waals surface area contributed by atoms with Crippen LogP contribution in [0.5, 0.6) is 0 Å². The molecule has 0 fully saturated rings. The summed E-state index contributed by atoms with van der Waals surface area (Å²) in [6.45, 7) is 4.35. The van der Waals surface area contributed by atoms with Gasteiger partial charge in [0.15, 0.2) is 0 Å². The van der Waals surface area contributed by atoms with E-state index >= 15 is 0 Å². The van der Waals surface area contributed by atoms with Crippen molar-refractivity contribution in [3.05, 3.63) is 33.4 Å². The molecule has 0 saturated heterocycles. The van der Waals surface area contributed by atoms with E-state index in [9.17, 15) is 4.79 Å². The molecule has 0 saturated carbocycles. The van der Waals surface area contributed by atoms with Crippen molar-refractivity contribution in [3.63, 3.8) is 0 Å². The van der Waals surface area contributed by atoms with Crippen molar-refractivity contribution >= 4 is 28.5 Å². The van der Waals surface area contributed by atoms with E-state index in [1.54, 1.807) is 0 Å². The number of nitrogens with one attached hydrogen (secondary N) is 1. The van der Waals surface area contributed by atoms with Crippen molar-refractivity contribution in [2.45, 2.75) is 52.0 Å². The summed E-state index contributed by atoms with van der Waals surface area (Å²) in [6.07, 6.45) is 5.62. The van der Waals surface area contributed by atoms with Crippen LogP contribution < -0.4 is 5.32 Å². The minimum absolute atomic E-state index is 0.0564. The number of amides is 1. The zero-order valence-electron chi connectivity index (χ0n) is 11.2. The Morgan fingerprint density at radius 1 is 1.17 bits per heavy atom. The van der Waals surface area contributed by atoms with E-state index in [1.807, 2.05) is 24.3 Å². The highest BCUT2D eigenvalue weighted by molar-refractivity contribution is 14.1. The third-order valence-electron chi connectivity index (χ3n) is 2.98. The SMILES string of the molecule is CCCCC(CCC)NC(=O)c1ccc(I)cc1. The smallest absolute Gasteiger partial charge is 0.251 e. The van der Waals surface area contributed by atoms with E-state index in [-0.39, 0.29) is 5.91 Å². The number of hydrogen-bond donors (Lipinski definition) is 1. The van der Waals surface area contributed by atoms with Gasteiger partial charge < -0.3 is 5.32 Å². The highest BCUT2D eigenvalue weighted by Crippen LogP contribution is 2.10. The Morgan fingerprint density at radius 3 is 2.39 bits per heavy atom. The fourth-order valence-corrected chi connectivity index (χ4v) is 2.32. The lowest BCUT2D eigenvalue weighted by Crippen LogP contribution is -2.34. The van der Waals surface area contributed by atoms with Gasteiger partial charge in [0.05, 0.1) is 0 Å². The summed E-state index contributed by atoms with van der Waals surface area (Å²) in [7, 11) is 0. The van der Waals surface area contributed by atoms with E-state index in [0.717, 1.165) is 28.4 Å². The van der Waals surface area contributed by atoms with Gasteiger partial charge in [0.1, 0.15) is 0 Å². The van der Waals surface area contributed by atoms with Crippen LogP contribution in [0.1, 0.15) is 56.3 Å². The average Bonchev–Trinajstić information content (AvgIpc) is 2.37. The van der Waals surface area contributed by atoms with Crippen LogP contribution in [0, 0.1) is 3.57 Å². The molecule has 2 nitrogen and oxygen atoms in total. The van der Waals surface area contributed by atoms with Crippen molar-refractivity contribution in [3.8, 4) is 0 Å². The largest absolute Gasteiger partial charge is 0.349 e. The summed E-state index contributed by atoms with van der Waals surface area (Å²) in [4.78, 5) is 12.1. The summed E-state index contributed by atoms with van der Waals surface area (Å²) in [5.74, 6) is 0.0564. The number of benzene rings is 1. The molecule has 0 bridgehead atoms. The van der Waals surface area contributed by atoms with E-state index < -0.39 is 0 Å². The third kappa shape index (κ3) is 5.38. The molecule has 0 aliphatic rings. The zero-order chi connectivity index (χ0) is 13.4. The highest BCUT2D eigenvalue weighted by atomic mass is 127. The standard InChI is InChI=1S/C15H22INO/c1-3-5-7-14(6-4-2)17-15(18)12-8-10-13(16)11-9-12/h8-11,14H,3-7H2,1-2H3,(H,17,18). The molecule has 0 spiro atoms. The molecule has 0 aliphatic carbocycles. The van der Waals surface area contributed by atoms with Gasteiger partial charge in [0.25, 0.3) is 5.91 Å². The van der Waals surface area contributed by atoms with Gasteiger partial charge in [-0.05, 0) is 59.7 Å². The summed E-state index contributed by atoms with van der Waals surface area (Å²) in [6, 6.07) is 8.04. The van der Waals surface area contributed by atoms with Crippen LogP contribution in [0.2, 0.25) is 0 Å². The number of carbonyl (C=O) groups excluding carboxylic acids is 1. The van der Waals surface area contributed by atoms with Gasteiger partial charge in [-0.15, -0.1) is 0 Å². The summed E-state index contributed by atoms with van der Waals surface area (Å²) >= 11 is 2.25. The number of halogens is 1. The second-order valence-electron chi connectivity index (χ2n) is 4.61. The summed E-state index contributed by atoms with van der Waals surface area (Å²) < 4.78 is 1.15. The fraction of sp³-hybridized carbons (Fsp3) is 0.533. The monoisotopic (exact) mass is 359 g/mol. The predicted octanol–water partition coefficient (Wildman–Crippen LogP) is 4.38. The Kier molecular flexibility index (Phi) is 7.32. The van der Waals surface area contributed by atoms with Gasteiger partial charge in [0, 0.05) is 15.2 Å². The molecule has 18 heavy (non-hydrogen) atoms. The van der Waals surface area contributed by atoms with Gasteiger partial charge in [0.2, 0.25) is 0 Å². The van der Waals surface area contributed by atoms with Gasteiger partial charge >= 0.3 is 0 Å². The van der Waals surface area contributed by atoms with E-state index in [1.165, 1.54) is 12.8 Å². The Balaban J connectivity index is 2.56. The fourth-order valence-electron chi connectivity index (χ4n) is 1.96. The van der Waals surface area contributed by atoms with Gasteiger partial charge in [-0.2, -0.15) is 0 Å². The summed E-state index contributed by atoms with van der Waals surface area (Å²) in [5, 5.41) is 3.15. The van der Waals surface area contributed by atoms with Crippen molar-refractivity contribution in [2.75, 3.05) is 0 Å². The lowest BCUT2D eigenvalue weighted by Gasteiger charge is -2.17.